The maximum absolute atomic E-state index is 12.2. The molecular weight excluding hydrogens is 292 g/mol. The summed E-state index contributed by atoms with van der Waals surface area (Å²) in [6.45, 7) is 5.12. The lowest BCUT2D eigenvalue weighted by Gasteiger charge is -2.22. The van der Waals surface area contributed by atoms with Crippen LogP contribution < -0.4 is 10.2 Å². The molecule has 0 unspecified atom stereocenters. The molecule has 1 amide bonds. The molecule has 1 aromatic carbocycles. The van der Waals surface area contributed by atoms with Crippen molar-refractivity contribution >= 4 is 27.9 Å². The van der Waals surface area contributed by atoms with Crippen LogP contribution in [0.2, 0.25) is 0 Å². The molecule has 2 heterocycles. The molecule has 1 atom stereocenters. The third-order valence-electron chi connectivity index (χ3n) is 4.08. The standard InChI is InChI=1S/C18H22N2OS/c1-3-4-11-19-18(21)16-9-10-17(22-16)20-13(2)12-14-7-5-6-8-15(14)20/h5-10,13H,3-4,11-12H2,1-2H3,(H,19,21)/t13-/m1/s1. The molecule has 2 aromatic rings. The minimum absolute atomic E-state index is 0.0461. The highest BCUT2D eigenvalue weighted by molar-refractivity contribution is 7.18. The van der Waals surface area contributed by atoms with Crippen LogP contribution in [0.5, 0.6) is 0 Å². The number of unbranched alkanes of at least 4 members (excludes halogenated alkanes) is 1. The Balaban J connectivity index is 1.78. The van der Waals surface area contributed by atoms with Gasteiger partial charge in [0.05, 0.1) is 9.88 Å². The molecule has 0 fully saturated rings. The molecule has 0 radical (unpaired) electrons. The van der Waals surface area contributed by atoms with Crippen LogP contribution in [0.15, 0.2) is 36.4 Å². The van der Waals surface area contributed by atoms with E-state index < -0.39 is 0 Å². The van der Waals surface area contributed by atoms with Gasteiger partial charge in [-0.3, -0.25) is 4.79 Å². The maximum atomic E-state index is 12.2. The second-order valence-electron chi connectivity index (χ2n) is 5.80. The van der Waals surface area contributed by atoms with E-state index in [9.17, 15) is 4.79 Å². The zero-order chi connectivity index (χ0) is 15.5. The Hall–Kier alpha value is -1.81. The minimum Gasteiger partial charge on any atom is -0.351 e. The number of nitrogens with one attached hydrogen (secondary N) is 1. The zero-order valence-electron chi connectivity index (χ0n) is 13.1. The second kappa shape index (κ2) is 6.53. The highest BCUT2D eigenvalue weighted by Crippen LogP contribution is 2.41. The predicted molar refractivity (Wildman–Crippen MR) is 93.3 cm³/mol. The molecule has 116 valence electrons. The Morgan fingerprint density at radius 1 is 1.32 bits per heavy atom. The largest absolute Gasteiger partial charge is 0.351 e. The number of benzene rings is 1. The lowest BCUT2D eigenvalue weighted by molar-refractivity contribution is 0.0957. The summed E-state index contributed by atoms with van der Waals surface area (Å²) in [4.78, 5) is 15.3. The summed E-state index contributed by atoms with van der Waals surface area (Å²) in [5.74, 6) is 0.0461. The topological polar surface area (TPSA) is 32.3 Å². The van der Waals surface area contributed by atoms with E-state index in [1.165, 1.54) is 11.3 Å². The number of para-hydroxylation sites is 1. The molecule has 0 bridgehead atoms. The molecule has 1 aliphatic heterocycles. The third kappa shape index (κ3) is 2.88. The van der Waals surface area contributed by atoms with Crippen molar-refractivity contribution in [1.82, 2.24) is 5.32 Å². The first kappa shape index (κ1) is 15.1. The van der Waals surface area contributed by atoms with E-state index in [1.54, 1.807) is 11.3 Å². The van der Waals surface area contributed by atoms with Crippen LogP contribution in [0.4, 0.5) is 10.7 Å². The number of carbonyl (C=O) groups is 1. The van der Waals surface area contributed by atoms with Gasteiger partial charge in [0.1, 0.15) is 0 Å². The van der Waals surface area contributed by atoms with Crippen molar-refractivity contribution in [2.45, 2.75) is 39.2 Å². The highest BCUT2D eigenvalue weighted by Gasteiger charge is 2.28. The Morgan fingerprint density at radius 3 is 2.95 bits per heavy atom. The summed E-state index contributed by atoms with van der Waals surface area (Å²) in [7, 11) is 0. The molecule has 0 spiro atoms. The van der Waals surface area contributed by atoms with Crippen LogP contribution in [-0.2, 0) is 6.42 Å². The van der Waals surface area contributed by atoms with Gasteiger partial charge in [-0.05, 0) is 43.5 Å². The van der Waals surface area contributed by atoms with Gasteiger partial charge >= 0.3 is 0 Å². The molecule has 1 aromatic heterocycles. The predicted octanol–water partition coefficient (Wildman–Crippen LogP) is 4.36. The monoisotopic (exact) mass is 314 g/mol. The van der Waals surface area contributed by atoms with Gasteiger partial charge in [0.25, 0.3) is 5.91 Å². The van der Waals surface area contributed by atoms with E-state index in [2.05, 4.69) is 54.4 Å². The summed E-state index contributed by atoms with van der Waals surface area (Å²) < 4.78 is 0. The highest BCUT2D eigenvalue weighted by atomic mass is 32.1. The van der Waals surface area contributed by atoms with E-state index in [1.807, 2.05) is 6.07 Å². The number of amides is 1. The fourth-order valence-electron chi connectivity index (χ4n) is 2.95. The van der Waals surface area contributed by atoms with Gasteiger partial charge < -0.3 is 10.2 Å². The molecule has 3 rings (SSSR count). The second-order valence-corrected chi connectivity index (χ2v) is 6.86. The molecule has 0 aliphatic carbocycles. The smallest absolute Gasteiger partial charge is 0.261 e. The number of nitrogens with zero attached hydrogens (tertiary/aromatic N) is 1. The van der Waals surface area contributed by atoms with E-state index in [4.69, 9.17) is 0 Å². The maximum Gasteiger partial charge on any atom is 0.261 e. The lowest BCUT2D eigenvalue weighted by Crippen LogP contribution is -2.24. The number of anilines is 2. The molecule has 1 aliphatic rings. The van der Waals surface area contributed by atoms with Gasteiger partial charge in [0.2, 0.25) is 0 Å². The van der Waals surface area contributed by atoms with Crippen molar-refractivity contribution in [2.24, 2.45) is 0 Å². The summed E-state index contributed by atoms with van der Waals surface area (Å²) in [6.07, 6.45) is 3.19. The van der Waals surface area contributed by atoms with E-state index in [0.29, 0.717) is 6.04 Å². The summed E-state index contributed by atoms with van der Waals surface area (Å²) >= 11 is 1.58. The van der Waals surface area contributed by atoms with E-state index >= 15 is 0 Å². The van der Waals surface area contributed by atoms with Gasteiger partial charge in [0, 0.05) is 18.3 Å². The van der Waals surface area contributed by atoms with Crippen molar-refractivity contribution in [2.75, 3.05) is 11.4 Å². The Labute approximate surface area is 136 Å². The molecule has 3 nitrogen and oxygen atoms in total. The van der Waals surface area contributed by atoms with Gasteiger partial charge in [-0.25, -0.2) is 0 Å². The first-order valence-corrected chi connectivity index (χ1v) is 8.77. The van der Waals surface area contributed by atoms with Crippen molar-refractivity contribution in [1.29, 1.82) is 0 Å². The summed E-state index contributed by atoms with van der Waals surface area (Å²) in [6, 6.07) is 13.0. The third-order valence-corrected chi connectivity index (χ3v) is 5.16. The van der Waals surface area contributed by atoms with Crippen molar-refractivity contribution in [3.05, 3.63) is 46.8 Å². The van der Waals surface area contributed by atoms with Crippen LogP contribution in [0.1, 0.15) is 41.9 Å². The summed E-state index contributed by atoms with van der Waals surface area (Å²) in [5.41, 5.74) is 2.66. The first-order chi connectivity index (χ1) is 10.7. The number of fused-ring (bicyclic) bond motifs is 1. The number of rotatable bonds is 5. The molecule has 0 saturated carbocycles. The molecule has 22 heavy (non-hydrogen) atoms. The van der Waals surface area contributed by atoms with Gasteiger partial charge in [-0.2, -0.15) is 0 Å². The van der Waals surface area contributed by atoms with Crippen molar-refractivity contribution in [3.63, 3.8) is 0 Å². The minimum atomic E-state index is 0.0461. The number of carbonyl (C=O) groups excluding carboxylic acids is 1. The first-order valence-electron chi connectivity index (χ1n) is 7.96. The lowest BCUT2D eigenvalue weighted by atomic mass is 10.1. The molecular formula is C18H22N2OS. The van der Waals surface area contributed by atoms with Crippen LogP contribution in [0.25, 0.3) is 0 Å². The number of hydrogen-bond acceptors (Lipinski definition) is 3. The fourth-order valence-corrected chi connectivity index (χ4v) is 3.99. The van der Waals surface area contributed by atoms with E-state index in [-0.39, 0.29) is 5.91 Å². The number of thiophene rings is 1. The summed E-state index contributed by atoms with van der Waals surface area (Å²) in [5, 5.41) is 4.14. The Bertz CT molecular complexity index is 665. The van der Waals surface area contributed by atoms with E-state index in [0.717, 1.165) is 35.7 Å². The zero-order valence-corrected chi connectivity index (χ0v) is 14.0. The molecule has 1 N–H and O–H groups in total. The van der Waals surface area contributed by atoms with Gasteiger partial charge in [-0.15, -0.1) is 11.3 Å². The quantitative estimate of drug-likeness (QED) is 0.832. The Kier molecular flexibility index (Phi) is 4.48. The SMILES string of the molecule is CCCCNC(=O)c1ccc(N2c3ccccc3C[C@H]2C)s1. The normalized spacial score (nSPS) is 16.6. The van der Waals surface area contributed by atoms with Crippen LogP contribution in [-0.4, -0.2) is 18.5 Å². The van der Waals surface area contributed by atoms with Crippen LogP contribution in [0.3, 0.4) is 0 Å². The number of hydrogen-bond donors (Lipinski definition) is 1. The van der Waals surface area contributed by atoms with Crippen LogP contribution in [0, 0.1) is 0 Å². The molecule has 0 saturated heterocycles. The van der Waals surface area contributed by atoms with Gasteiger partial charge in [0.15, 0.2) is 0 Å². The average Bonchev–Trinajstić information content (AvgIpc) is 3.10. The molecule has 4 heteroatoms. The van der Waals surface area contributed by atoms with Gasteiger partial charge in [-0.1, -0.05) is 31.5 Å². The average molecular weight is 314 g/mol. The Morgan fingerprint density at radius 2 is 2.14 bits per heavy atom. The van der Waals surface area contributed by atoms with Crippen LogP contribution >= 0.6 is 11.3 Å². The van der Waals surface area contributed by atoms with Crippen molar-refractivity contribution in [3.8, 4) is 0 Å². The fraction of sp³-hybridized carbons (Fsp3) is 0.389. The van der Waals surface area contributed by atoms with Crippen molar-refractivity contribution < 1.29 is 4.79 Å².